The lowest BCUT2D eigenvalue weighted by molar-refractivity contribution is -0.394. The molecule has 0 bridgehead atoms. The highest BCUT2D eigenvalue weighted by Crippen LogP contribution is 2.21. The standard InChI is InChI=1S/C15H14N6O7S/c1-10-2-4-14(5-3-10)29(26,27)28-19-15(16)18-17-9-11-6-12(20(22)23)8-13(7-11)21(24)25/h2-9H,1H3,(H3,16,18,19). The van der Waals surface area contributed by atoms with Crippen LogP contribution in [0.5, 0.6) is 0 Å². The number of nitrogens with one attached hydrogen (secondary N) is 1. The SMILES string of the molecule is Cc1ccc(S(=O)(=O)ONC(N)=NN=Cc2cc([N+](=O)[O-])cc([N+](=O)[O-])c2)cc1. The Hall–Kier alpha value is -3.91. The molecule has 0 heterocycles. The number of nitro benzene ring substituents is 2. The normalized spacial score (nSPS) is 12.1. The van der Waals surface area contributed by atoms with E-state index >= 15 is 0 Å². The first-order valence-corrected chi connectivity index (χ1v) is 9.06. The van der Waals surface area contributed by atoms with Crippen LogP contribution in [0.2, 0.25) is 0 Å². The van der Waals surface area contributed by atoms with E-state index < -0.39 is 37.3 Å². The Balaban J connectivity index is 2.09. The third-order valence-corrected chi connectivity index (χ3v) is 4.44. The summed E-state index contributed by atoms with van der Waals surface area (Å²) in [4.78, 5) is 20.0. The predicted octanol–water partition coefficient (Wildman–Crippen LogP) is 1.37. The second kappa shape index (κ2) is 8.85. The molecule has 152 valence electrons. The maximum atomic E-state index is 12.0. The lowest BCUT2D eigenvalue weighted by atomic mass is 10.2. The Morgan fingerprint density at radius 3 is 2.17 bits per heavy atom. The van der Waals surface area contributed by atoms with Gasteiger partial charge in [-0.25, -0.2) is 5.48 Å². The van der Waals surface area contributed by atoms with Crippen molar-refractivity contribution in [2.45, 2.75) is 11.8 Å². The van der Waals surface area contributed by atoms with E-state index in [1.54, 1.807) is 19.1 Å². The van der Waals surface area contributed by atoms with Gasteiger partial charge in [-0.15, -0.1) is 9.39 Å². The van der Waals surface area contributed by atoms with Crippen LogP contribution in [0.15, 0.2) is 57.6 Å². The topological polar surface area (TPSA) is 192 Å². The van der Waals surface area contributed by atoms with Crippen LogP contribution in [0.4, 0.5) is 11.4 Å². The summed E-state index contributed by atoms with van der Waals surface area (Å²) in [6.45, 7) is 1.79. The molecule has 0 spiro atoms. The Morgan fingerprint density at radius 1 is 1.10 bits per heavy atom. The molecule has 2 aromatic rings. The van der Waals surface area contributed by atoms with Crippen LogP contribution in [0.3, 0.4) is 0 Å². The highest BCUT2D eigenvalue weighted by atomic mass is 32.2. The smallest absolute Gasteiger partial charge is 0.317 e. The van der Waals surface area contributed by atoms with Crippen LogP contribution < -0.4 is 11.2 Å². The molecule has 29 heavy (non-hydrogen) atoms. The summed E-state index contributed by atoms with van der Waals surface area (Å²) in [7, 11) is -4.15. The molecule has 0 aliphatic heterocycles. The number of nitrogens with two attached hydrogens (primary N) is 1. The van der Waals surface area contributed by atoms with Gasteiger partial charge in [0.15, 0.2) is 0 Å². The zero-order valence-corrected chi connectivity index (χ0v) is 15.6. The summed E-state index contributed by atoms with van der Waals surface area (Å²) in [6.07, 6.45) is 0.961. The number of nitro groups is 2. The first-order chi connectivity index (χ1) is 13.6. The van der Waals surface area contributed by atoms with Crippen LogP contribution in [-0.4, -0.2) is 30.4 Å². The van der Waals surface area contributed by atoms with Gasteiger partial charge < -0.3 is 5.73 Å². The molecule has 13 nitrogen and oxygen atoms in total. The van der Waals surface area contributed by atoms with E-state index in [1.165, 1.54) is 12.1 Å². The van der Waals surface area contributed by atoms with E-state index in [-0.39, 0.29) is 10.5 Å². The van der Waals surface area contributed by atoms with E-state index in [0.29, 0.717) is 0 Å². The fourth-order valence-electron chi connectivity index (χ4n) is 1.93. The molecule has 0 fully saturated rings. The molecule has 0 amide bonds. The highest BCUT2D eigenvalue weighted by Gasteiger charge is 2.16. The molecule has 14 heteroatoms. The van der Waals surface area contributed by atoms with Gasteiger partial charge in [-0.2, -0.15) is 13.5 Å². The molecule has 0 aliphatic rings. The van der Waals surface area contributed by atoms with Crippen LogP contribution in [0.25, 0.3) is 0 Å². The molecule has 2 aromatic carbocycles. The highest BCUT2D eigenvalue weighted by molar-refractivity contribution is 7.86. The third-order valence-electron chi connectivity index (χ3n) is 3.28. The second-order valence-electron chi connectivity index (χ2n) is 5.48. The van der Waals surface area contributed by atoms with E-state index in [4.69, 9.17) is 5.73 Å². The van der Waals surface area contributed by atoms with Gasteiger partial charge in [0.1, 0.15) is 0 Å². The second-order valence-corrected chi connectivity index (χ2v) is 7.03. The molecule has 0 saturated carbocycles. The number of rotatable bonds is 7. The van der Waals surface area contributed by atoms with Gasteiger partial charge in [0.2, 0.25) is 5.96 Å². The molecule has 0 unspecified atom stereocenters. The minimum absolute atomic E-state index is 0.00986. The van der Waals surface area contributed by atoms with Gasteiger partial charge in [-0.05, 0) is 19.1 Å². The Kier molecular flexibility index (Phi) is 6.53. The Morgan fingerprint density at radius 2 is 1.66 bits per heavy atom. The Labute approximate surface area is 163 Å². The maximum Gasteiger partial charge on any atom is 0.317 e. The summed E-state index contributed by atoms with van der Waals surface area (Å²) in [6, 6.07) is 8.70. The van der Waals surface area contributed by atoms with Crippen molar-refractivity contribution in [3.05, 3.63) is 73.8 Å². The Bertz CT molecular complexity index is 1060. The minimum atomic E-state index is -4.15. The summed E-state index contributed by atoms with van der Waals surface area (Å²) >= 11 is 0. The van der Waals surface area contributed by atoms with E-state index in [2.05, 4.69) is 14.5 Å². The van der Waals surface area contributed by atoms with E-state index in [0.717, 1.165) is 30.0 Å². The third kappa shape index (κ3) is 6.05. The lowest BCUT2D eigenvalue weighted by Crippen LogP contribution is -2.33. The van der Waals surface area contributed by atoms with Crippen molar-refractivity contribution in [3.63, 3.8) is 0 Å². The first-order valence-electron chi connectivity index (χ1n) is 7.65. The van der Waals surface area contributed by atoms with Crippen molar-refractivity contribution in [2.75, 3.05) is 0 Å². The quantitative estimate of drug-likeness (QED) is 0.287. The van der Waals surface area contributed by atoms with Crippen molar-refractivity contribution in [1.82, 2.24) is 5.48 Å². The van der Waals surface area contributed by atoms with E-state index in [1.807, 2.05) is 5.48 Å². The van der Waals surface area contributed by atoms with Crippen molar-refractivity contribution >= 4 is 33.7 Å². The molecule has 2 rings (SSSR count). The van der Waals surface area contributed by atoms with Crippen LogP contribution in [0, 0.1) is 27.2 Å². The van der Waals surface area contributed by atoms with Crippen LogP contribution in [0.1, 0.15) is 11.1 Å². The predicted molar refractivity (Wildman–Crippen MR) is 102 cm³/mol. The first kappa shape index (κ1) is 21.4. The number of non-ortho nitro benzene ring substituents is 2. The molecular formula is C15H14N6O7S. The monoisotopic (exact) mass is 422 g/mol. The summed E-state index contributed by atoms with van der Waals surface area (Å²) < 4.78 is 28.5. The number of benzene rings is 2. The lowest BCUT2D eigenvalue weighted by Gasteiger charge is -2.06. The zero-order chi connectivity index (χ0) is 21.6. The largest absolute Gasteiger partial charge is 0.367 e. The summed E-state index contributed by atoms with van der Waals surface area (Å²) in [5.41, 5.74) is 7.16. The number of hydroxylamine groups is 1. The molecule has 0 saturated heterocycles. The van der Waals surface area contributed by atoms with Crippen LogP contribution >= 0.6 is 0 Å². The zero-order valence-electron chi connectivity index (χ0n) is 14.8. The van der Waals surface area contributed by atoms with Crippen molar-refractivity contribution in [2.24, 2.45) is 15.9 Å². The van der Waals surface area contributed by atoms with Crippen molar-refractivity contribution < 1.29 is 22.5 Å². The fourth-order valence-corrected chi connectivity index (χ4v) is 2.69. The van der Waals surface area contributed by atoms with Gasteiger partial charge in [0, 0.05) is 17.7 Å². The summed E-state index contributed by atoms with van der Waals surface area (Å²) in [5.74, 6) is -0.545. The van der Waals surface area contributed by atoms with Gasteiger partial charge in [0.05, 0.1) is 27.0 Å². The number of aryl methyl sites for hydroxylation is 1. The van der Waals surface area contributed by atoms with Gasteiger partial charge in [-0.1, -0.05) is 17.7 Å². The molecule has 0 radical (unpaired) electrons. The van der Waals surface area contributed by atoms with Crippen LogP contribution in [-0.2, 0) is 14.4 Å². The number of hydrogen-bond donors (Lipinski definition) is 2. The number of nitrogens with zero attached hydrogens (tertiary/aromatic N) is 4. The molecule has 0 atom stereocenters. The average molecular weight is 422 g/mol. The fraction of sp³-hybridized carbons (Fsp3) is 0.0667. The summed E-state index contributed by atoms with van der Waals surface area (Å²) in [5, 5.41) is 28.6. The van der Waals surface area contributed by atoms with Gasteiger partial charge in [0.25, 0.3) is 11.4 Å². The van der Waals surface area contributed by atoms with Gasteiger partial charge in [-0.3, -0.25) is 20.2 Å². The van der Waals surface area contributed by atoms with Gasteiger partial charge >= 0.3 is 10.1 Å². The van der Waals surface area contributed by atoms with E-state index in [9.17, 15) is 28.6 Å². The minimum Gasteiger partial charge on any atom is -0.367 e. The average Bonchev–Trinajstić information content (AvgIpc) is 2.66. The molecular weight excluding hydrogens is 408 g/mol. The molecule has 0 aromatic heterocycles. The molecule has 3 N–H and O–H groups in total. The van der Waals surface area contributed by atoms with Crippen molar-refractivity contribution in [1.29, 1.82) is 0 Å². The molecule has 0 aliphatic carbocycles. The number of guanidine groups is 1. The maximum absolute atomic E-state index is 12.0. The van der Waals surface area contributed by atoms with Crippen molar-refractivity contribution in [3.8, 4) is 0 Å². The number of hydrogen-bond acceptors (Lipinski definition) is 9.